The predicted molar refractivity (Wildman–Crippen MR) is 124 cm³/mol. The summed E-state index contributed by atoms with van der Waals surface area (Å²) in [5.41, 5.74) is 0.415. The average Bonchev–Trinajstić information content (AvgIpc) is 2.84. The maximum Gasteiger partial charge on any atom is 0.346 e. The fraction of sp³-hybridized carbons (Fsp3) is 0.417. The number of ether oxygens (including phenoxy) is 3. The molecule has 1 fully saturated rings. The van der Waals surface area contributed by atoms with Crippen molar-refractivity contribution >= 4 is 17.6 Å². The van der Waals surface area contributed by atoms with E-state index in [9.17, 15) is 19.7 Å². The first-order chi connectivity index (χ1) is 16.3. The van der Waals surface area contributed by atoms with E-state index in [1.54, 1.807) is 11.8 Å². The van der Waals surface area contributed by atoms with Gasteiger partial charge in [0.2, 0.25) is 0 Å². The third-order valence-corrected chi connectivity index (χ3v) is 5.56. The molecule has 2 aromatic carbocycles. The normalized spacial score (nSPS) is 14.9. The number of nitro groups is 1. The van der Waals surface area contributed by atoms with Gasteiger partial charge in [0.15, 0.2) is 17.6 Å². The molecule has 0 N–H and O–H groups in total. The fourth-order valence-electron chi connectivity index (χ4n) is 3.79. The average molecular weight is 472 g/mol. The Labute approximate surface area is 198 Å². The van der Waals surface area contributed by atoms with Crippen LogP contribution >= 0.6 is 0 Å². The Hall–Kier alpha value is -3.66. The fourth-order valence-corrected chi connectivity index (χ4v) is 3.79. The summed E-state index contributed by atoms with van der Waals surface area (Å²) in [4.78, 5) is 40.4. The number of nitro benzene ring substituents is 1. The van der Waals surface area contributed by atoms with Crippen LogP contribution in [0.5, 0.6) is 11.5 Å². The molecule has 1 atom stereocenters. The number of hydrogen-bond donors (Lipinski definition) is 0. The van der Waals surface area contributed by atoms with Gasteiger partial charge in [-0.1, -0.05) is 30.3 Å². The number of carbonyl (C=O) groups excluding carboxylic acids is 2. The Balaban J connectivity index is 1.63. The standard InChI is InChI=1S/C24H29N3O7/c1-4-33-22-15-20(27(30)31)19(14-21(22)32-3)24(29)34-17(2)23(28)26-12-10-25(11-13-26)16-18-8-6-5-7-9-18/h5-9,14-15,17H,4,10-13,16H2,1-3H3. The van der Waals surface area contributed by atoms with Crippen LogP contribution in [0.15, 0.2) is 42.5 Å². The van der Waals surface area contributed by atoms with Crippen molar-refractivity contribution in [2.24, 2.45) is 0 Å². The lowest BCUT2D eigenvalue weighted by Gasteiger charge is -2.35. The van der Waals surface area contributed by atoms with Gasteiger partial charge in [-0.05, 0) is 19.4 Å². The number of hydrogen-bond acceptors (Lipinski definition) is 8. The second kappa shape index (κ2) is 11.5. The number of nitrogens with zero attached hydrogens (tertiary/aromatic N) is 3. The van der Waals surface area contributed by atoms with Gasteiger partial charge in [0, 0.05) is 38.8 Å². The minimum atomic E-state index is -1.09. The van der Waals surface area contributed by atoms with Crippen LogP contribution in [0.4, 0.5) is 5.69 Å². The summed E-state index contributed by atoms with van der Waals surface area (Å²) in [5.74, 6) is -1.01. The van der Waals surface area contributed by atoms with E-state index in [1.807, 2.05) is 18.2 Å². The van der Waals surface area contributed by atoms with Crippen LogP contribution < -0.4 is 9.47 Å². The van der Waals surface area contributed by atoms with E-state index in [2.05, 4.69) is 17.0 Å². The molecule has 34 heavy (non-hydrogen) atoms. The lowest BCUT2D eigenvalue weighted by molar-refractivity contribution is -0.385. The first-order valence-electron chi connectivity index (χ1n) is 11.1. The van der Waals surface area contributed by atoms with Crippen molar-refractivity contribution in [1.82, 2.24) is 9.80 Å². The lowest BCUT2D eigenvalue weighted by atomic mass is 10.1. The molecule has 1 saturated heterocycles. The predicted octanol–water partition coefficient (Wildman–Crippen LogP) is 2.89. The number of piperazine rings is 1. The van der Waals surface area contributed by atoms with E-state index >= 15 is 0 Å². The van der Waals surface area contributed by atoms with Crippen LogP contribution in [0.1, 0.15) is 29.8 Å². The molecule has 1 heterocycles. The van der Waals surface area contributed by atoms with E-state index in [0.717, 1.165) is 12.6 Å². The number of esters is 1. The van der Waals surface area contributed by atoms with Crippen molar-refractivity contribution in [2.45, 2.75) is 26.5 Å². The van der Waals surface area contributed by atoms with E-state index in [1.165, 1.54) is 25.7 Å². The van der Waals surface area contributed by atoms with Crippen LogP contribution in [-0.2, 0) is 16.1 Å². The summed E-state index contributed by atoms with van der Waals surface area (Å²) >= 11 is 0. The number of benzene rings is 2. The highest BCUT2D eigenvalue weighted by Crippen LogP contribution is 2.35. The van der Waals surface area contributed by atoms with Gasteiger partial charge in [-0.25, -0.2) is 4.79 Å². The number of carbonyl (C=O) groups is 2. The summed E-state index contributed by atoms with van der Waals surface area (Å²) in [6.07, 6.45) is -1.09. The molecule has 3 rings (SSSR count). The molecular formula is C24H29N3O7. The van der Waals surface area contributed by atoms with Gasteiger partial charge in [0.1, 0.15) is 5.56 Å². The van der Waals surface area contributed by atoms with Crippen molar-refractivity contribution in [2.75, 3.05) is 39.9 Å². The Morgan fingerprint density at radius 2 is 1.76 bits per heavy atom. The molecule has 10 heteroatoms. The van der Waals surface area contributed by atoms with Crippen LogP contribution in [-0.4, -0.2) is 72.6 Å². The third kappa shape index (κ3) is 6.02. The first kappa shape index (κ1) is 25.0. The third-order valence-electron chi connectivity index (χ3n) is 5.56. The van der Waals surface area contributed by atoms with Crippen LogP contribution in [0.25, 0.3) is 0 Å². The molecule has 1 unspecified atom stereocenters. The molecule has 182 valence electrons. The highest BCUT2D eigenvalue weighted by Gasteiger charge is 2.31. The molecule has 1 aliphatic rings. The summed E-state index contributed by atoms with van der Waals surface area (Å²) in [5, 5.41) is 11.5. The van der Waals surface area contributed by atoms with E-state index in [0.29, 0.717) is 26.2 Å². The largest absolute Gasteiger partial charge is 0.493 e. The maximum atomic E-state index is 12.9. The van der Waals surface area contributed by atoms with Gasteiger partial charge < -0.3 is 19.1 Å². The Bertz CT molecular complexity index is 1020. The van der Waals surface area contributed by atoms with Gasteiger partial charge in [-0.3, -0.25) is 19.8 Å². The van der Waals surface area contributed by atoms with E-state index < -0.39 is 22.7 Å². The summed E-state index contributed by atoms with van der Waals surface area (Å²) in [6.45, 7) is 6.66. The van der Waals surface area contributed by atoms with Crippen molar-refractivity contribution in [3.8, 4) is 11.5 Å². The minimum absolute atomic E-state index is 0.144. The van der Waals surface area contributed by atoms with Crippen LogP contribution in [0.3, 0.4) is 0 Å². The second-order valence-electron chi connectivity index (χ2n) is 7.84. The highest BCUT2D eigenvalue weighted by molar-refractivity contribution is 5.96. The number of rotatable bonds is 9. The second-order valence-corrected chi connectivity index (χ2v) is 7.84. The van der Waals surface area contributed by atoms with Crippen molar-refractivity contribution in [3.05, 3.63) is 63.7 Å². The van der Waals surface area contributed by atoms with Crippen LogP contribution in [0, 0.1) is 10.1 Å². The zero-order valence-electron chi connectivity index (χ0n) is 19.6. The topological polar surface area (TPSA) is 111 Å². The first-order valence-corrected chi connectivity index (χ1v) is 11.1. The smallest absolute Gasteiger partial charge is 0.346 e. The highest BCUT2D eigenvalue weighted by atomic mass is 16.6. The quantitative estimate of drug-likeness (QED) is 0.312. The summed E-state index contributed by atoms with van der Waals surface area (Å²) in [7, 11) is 1.36. The van der Waals surface area contributed by atoms with Gasteiger partial charge in [0.25, 0.3) is 11.6 Å². The molecule has 0 aliphatic carbocycles. The molecule has 2 aromatic rings. The molecule has 0 radical (unpaired) electrons. The number of amides is 1. The molecule has 1 amide bonds. The van der Waals surface area contributed by atoms with Crippen molar-refractivity contribution < 1.29 is 28.7 Å². The summed E-state index contributed by atoms with van der Waals surface area (Å²) in [6, 6.07) is 12.4. The van der Waals surface area contributed by atoms with Crippen LogP contribution in [0.2, 0.25) is 0 Å². The van der Waals surface area contributed by atoms with Crippen molar-refractivity contribution in [3.63, 3.8) is 0 Å². The Morgan fingerprint density at radius 1 is 1.09 bits per heavy atom. The molecule has 0 saturated carbocycles. The van der Waals surface area contributed by atoms with Gasteiger partial charge >= 0.3 is 5.97 Å². The zero-order valence-corrected chi connectivity index (χ0v) is 19.6. The minimum Gasteiger partial charge on any atom is -0.493 e. The van der Waals surface area contributed by atoms with Gasteiger partial charge in [-0.15, -0.1) is 0 Å². The van der Waals surface area contributed by atoms with Crippen molar-refractivity contribution in [1.29, 1.82) is 0 Å². The zero-order chi connectivity index (χ0) is 24.7. The number of methoxy groups -OCH3 is 1. The summed E-state index contributed by atoms with van der Waals surface area (Å²) < 4.78 is 15.9. The molecule has 10 nitrogen and oxygen atoms in total. The Morgan fingerprint density at radius 3 is 2.35 bits per heavy atom. The molecular weight excluding hydrogens is 442 g/mol. The SMILES string of the molecule is CCOc1cc([N+](=O)[O-])c(C(=O)OC(C)C(=O)N2CCN(Cc3ccccc3)CC2)cc1OC. The molecule has 1 aliphatic heterocycles. The molecule has 0 bridgehead atoms. The van der Waals surface area contributed by atoms with E-state index in [4.69, 9.17) is 14.2 Å². The maximum absolute atomic E-state index is 12.9. The van der Waals surface area contributed by atoms with E-state index in [-0.39, 0.29) is 29.6 Å². The van der Waals surface area contributed by atoms with Gasteiger partial charge in [0.05, 0.1) is 24.7 Å². The lowest BCUT2D eigenvalue weighted by Crippen LogP contribution is -2.51. The molecule has 0 aromatic heterocycles. The monoisotopic (exact) mass is 471 g/mol. The molecule has 0 spiro atoms. The van der Waals surface area contributed by atoms with Gasteiger partial charge in [-0.2, -0.15) is 0 Å². The Kier molecular flexibility index (Phi) is 8.42.